The van der Waals surface area contributed by atoms with Crippen molar-refractivity contribution in [1.29, 1.82) is 0 Å². The largest absolute Gasteiger partial charge is 0.313 e. The van der Waals surface area contributed by atoms with Crippen molar-refractivity contribution < 1.29 is 0 Å². The summed E-state index contributed by atoms with van der Waals surface area (Å²) in [5, 5.41) is 4.57. The lowest BCUT2D eigenvalue weighted by Crippen LogP contribution is -2.38. The van der Waals surface area contributed by atoms with E-state index in [-0.39, 0.29) is 0 Å². The molecule has 1 saturated heterocycles. The Morgan fingerprint density at radius 3 is 2.74 bits per heavy atom. The second-order valence-corrected chi connectivity index (χ2v) is 6.28. The molecule has 1 N–H and O–H groups in total. The Balaban J connectivity index is 1.66. The molecule has 2 fully saturated rings. The SMILES string of the molecule is Clc1ccc(CN(CC2CCCN2)C2CC2)c(Cl)n1. The van der Waals surface area contributed by atoms with Gasteiger partial charge in [-0.15, -0.1) is 0 Å². The minimum absolute atomic E-state index is 0.462. The number of halogens is 2. The van der Waals surface area contributed by atoms with Gasteiger partial charge in [-0.2, -0.15) is 0 Å². The van der Waals surface area contributed by atoms with Gasteiger partial charge in [-0.05, 0) is 38.3 Å². The summed E-state index contributed by atoms with van der Waals surface area (Å²) in [5.41, 5.74) is 1.08. The average molecular weight is 300 g/mol. The van der Waals surface area contributed by atoms with Gasteiger partial charge in [0.05, 0.1) is 0 Å². The van der Waals surface area contributed by atoms with Gasteiger partial charge in [0.1, 0.15) is 10.3 Å². The smallest absolute Gasteiger partial charge is 0.135 e. The molecule has 3 nitrogen and oxygen atoms in total. The zero-order valence-corrected chi connectivity index (χ0v) is 12.4. The van der Waals surface area contributed by atoms with Gasteiger partial charge in [0, 0.05) is 30.7 Å². The Bertz CT molecular complexity index is 442. The maximum absolute atomic E-state index is 6.18. The van der Waals surface area contributed by atoms with Crippen LogP contribution in [0.15, 0.2) is 12.1 Å². The molecular formula is C14H19Cl2N3. The molecule has 0 aromatic carbocycles. The van der Waals surface area contributed by atoms with Crippen LogP contribution >= 0.6 is 23.2 Å². The summed E-state index contributed by atoms with van der Waals surface area (Å²) < 4.78 is 0. The van der Waals surface area contributed by atoms with Gasteiger partial charge >= 0.3 is 0 Å². The summed E-state index contributed by atoms with van der Waals surface area (Å²) in [4.78, 5) is 6.67. The highest BCUT2D eigenvalue weighted by molar-refractivity contribution is 6.32. The molecule has 1 aromatic heterocycles. The van der Waals surface area contributed by atoms with E-state index >= 15 is 0 Å². The van der Waals surface area contributed by atoms with Crippen LogP contribution in [0.2, 0.25) is 10.3 Å². The highest BCUT2D eigenvalue weighted by atomic mass is 35.5. The highest BCUT2D eigenvalue weighted by Gasteiger charge is 2.31. The molecule has 1 saturated carbocycles. The van der Waals surface area contributed by atoms with E-state index in [1.54, 1.807) is 0 Å². The van der Waals surface area contributed by atoms with Crippen LogP contribution in [-0.2, 0) is 6.54 Å². The molecule has 5 heteroatoms. The molecule has 1 aromatic rings. The van der Waals surface area contributed by atoms with Crippen molar-refractivity contribution >= 4 is 23.2 Å². The number of nitrogens with one attached hydrogen (secondary N) is 1. The van der Waals surface area contributed by atoms with Gasteiger partial charge in [0.15, 0.2) is 0 Å². The third kappa shape index (κ3) is 3.60. The monoisotopic (exact) mass is 299 g/mol. The zero-order chi connectivity index (χ0) is 13.2. The molecule has 2 aliphatic rings. The van der Waals surface area contributed by atoms with Gasteiger partial charge in [-0.3, -0.25) is 4.90 Å². The van der Waals surface area contributed by atoms with Crippen LogP contribution in [0.5, 0.6) is 0 Å². The molecule has 1 aliphatic heterocycles. The lowest BCUT2D eigenvalue weighted by Gasteiger charge is -2.25. The van der Waals surface area contributed by atoms with Crippen LogP contribution in [0.4, 0.5) is 0 Å². The van der Waals surface area contributed by atoms with Crippen LogP contribution < -0.4 is 5.32 Å². The van der Waals surface area contributed by atoms with Crippen LogP contribution in [0, 0.1) is 0 Å². The molecule has 0 bridgehead atoms. The molecule has 104 valence electrons. The average Bonchev–Trinajstić information content (AvgIpc) is 3.10. The zero-order valence-electron chi connectivity index (χ0n) is 10.9. The van der Waals surface area contributed by atoms with E-state index < -0.39 is 0 Å². The number of hydrogen-bond acceptors (Lipinski definition) is 3. The van der Waals surface area contributed by atoms with E-state index in [1.807, 2.05) is 12.1 Å². The van der Waals surface area contributed by atoms with E-state index in [0.29, 0.717) is 16.3 Å². The minimum atomic E-state index is 0.462. The second-order valence-electron chi connectivity index (χ2n) is 5.54. The first-order valence-corrected chi connectivity index (χ1v) is 7.76. The first-order chi connectivity index (χ1) is 9.22. The number of rotatable bonds is 5. The number of hydrogen-bond donors (Lipinski definition) is 1. The summed E-state index contributed by atoms with van der Waals surface area (Å²) in [5.74, 6) is 0. The third-order valence-corrected chi connectivity index (χ3v) is 4.48. The van der Waals surface area contributed by atoms with Gasteiger partial charge in [-0.1, -0.05) is 29.3 Å². The Labute approximate surface area is 124 Å². The predicted octanol–water partition coefficient (Wildman–Crippen LogP) is 3.10. The van der Waals surface area contributed by atoms with Crippen LogP contribution in [-0.4, -0.2) is 35.1 Å². The standard InChI is InChI=1S/C14H19Cl2N3/c15-13-6-3-10(14(16)18-13)8-19(12-4-5-12)9-11-2-1-7-17-11/h3,6,11-12,17H,1-2,4-5,7-9H2. The van der Waals surface area contributed by atoms with Crippen molar-refractivity contribution in [2.45, 2.75) is 44.3 Å². The highest BCUT2D eigenvalue weighted by Crippen LogP contribution is 2.30. The van der Waals surface area contributed by atoms with Crippen molar-refractivity contribution in [2.75, 3.05) is 13.1 Å². The van der Waals surface area contributed by atoms with Crippen molar-refractivity contribution in [3.05, 3.63) is 28.0 Å². The van der Waals surface area contributed by atoms with E-state index in [9.17, 15) is 0 Å². The molecule has 0 amide bonds. The van der Waals surface area contributed by atoms with E-state index in [1.165, 1.54) is 25.7 Å². The Hall–Kier alpha value is -0.350. The van der Waals surface area contributed by atoms with Crippen molar-refractivity contribution in [1.82, 2.24) is 15.2 Å². The summed E-state index contributed by atoms with van der Waals surface area (Å²) in [7, 11) is 0. The van der Waals surface area contributed by atoms with Crippen molar-refractivity contribution in [3.63, 3.8) is 0 Å². The van der Waals surface area contributed by atoms with E-state index in [4.69, 9.17) is 23.2 Å². The Kier molecular flexibility index (Phi) is 4.27. The molecule has 1 unspecified atom stereocenters. The molecule has 2 heterocycles. The number of pyridine rings is 1. The maximum Gasteiger partial charge on any atom is 0.135 e. The first-order valence-electron chi connectivity index (χ1n) is 7.01. The predicted molar refractivity (Wildman–Crippen MR) is 78.7 cm³/mol. The first kappa shape index (κ1) is 13.6. The number of nitrogens with zero attached hydrogens (tertiary/aromatic N) is 2. The van der Waals surface area contributed by atoms with Crippen LogP contribution in [0.3, 0.4) is 0 Å². The second kappa shape index (κ2) is 5.96. The third-order valence-electron chi connectivity index (χ3n) is 3.95. The molecule has 1 aliphatic carbocycles. The fourth-order valence-electron chi connectivity index (χ4n) is 2.76. The van der Waals surface area contributed by atoms with Gasteiger partial charge in [-0.25, -0.2) is 4.98 Å². The summed E-state index contributed by atoms with van der Waals surface area (Å²) in [6.45, 7) is 3.15. The van der Waals surface area contributed by atoms with Gasteiger partial charge < -0.3 is 5.32 Å². The fraction of sp³-hybridized carbons (Fsp3) is 0.643. The van der Waals surface area contributed by atoms with Gasteiger partial charge in [0.25, 0.3) is 0 Å². The Morgan fingerprint density at radius 1 is 1.26 bits per heavy atom. The van der Waals surface area contributed by atoms with Crippen molar-refractivity contribution in [3.8, 4) is 0 Å². The summed E-state index contributed by atoms with van der Waals surface area (Å²) >= 11 is 12.0. The topological polar surface area (TPSA) is 28.2 Å². The fourth-order valence-corrected chi connectivity index (χ4v) is 3.16. The molecule has 0 spiro atoms. The lowest BCUT2D eigenvalue weighted by molar-refractivity contribution is 0.231. The molecule has 0 radical (unpaired) electrons. The molecule has 19 heavy (non-hydrogen) atoms. The molecule has 1 atom stereocenters. The van der Waals surface area contributed by atoms with Gasteiger partial charge in [0.2, 0.25) is 0 Å². The van der Waals surface area contributed by atoms with Crippen molar-refractivity contribution in [2.24, 2.45) is 0 Å². The number of aromatic nitrogens is 1. The van der Waals surface area contributed by atoms with Crippen LogP contribution in [0.25, 0.3) is 0 Å². The summed E-state index contributed by atoms with van der Waals surface area (Å²) in [6.07, 6.45) is 5.21. The van der Waals surface area contributed by atoms with E-state index in [2.05, 4.69) is 15.2 Å². The summed E-state index contributed by atoms with van der Waals surface area (Å²) in [6, 6.07) is 5.19. The normalized spacial score (nSPS) is 23.2. The minimum Gasteiger partial charge on any atom is -0.313 e. The van der Waals surface area contributed by atoms with E-state index in [0.717, 1.165) is 31.2 Å². The van der Waals surface area contributed by atoms with Crippen LogP contribution in [0.1, 0.15) is 31.2 Å². The molecule has 3 rings (SSSR count). The molecular weight excluding hydrogens is 281 g/mol. The quantitative estimate of drug-likeness (QED) is 0.847. The lowest BCUT2D eigenvalue weighted by atomic mass is 10.2. The Morgan fingerprint density at radius 2 is 2.11 bits per heavy atom. The maximum atomic E-state index is 6.18.